The van der Waals surface area contributed by atoms with Crippen molar-refractivity contribution < 1.29 is 24.0 Å². The minimum absolute atomic E-state index is 0.00648. The Bertz CT molecular complexity index is 936. The Morgan fingerprint density at radius 2 is 2.15 bits per heavy atom. The third kappa shape index (κ3) is 9.63. The Morgan fingerprint density at radius 3 is 2.65 bits per heavy atom. The van der Waals surface area contributed by atoms with Crippen molar-refractivity contribution in [1.82, 2.24) is 20.4 Å². The Kier molecular flexibility index (Phi) is 13.0. The van der Waals surface area contributed by atoms with Crippen LogP contribution >= 0.6 is 0 Å². The summed E-state index contributed by atoms with van der Waals surface area (Å²) in [6.45, 7) is 9.70. The number of carbonyl (C=O) groups is 2. The van der Waals surface area contributed by atoms with Crippen LogP contribution in [0, 0.1) is 12.3 Å². The van der Waals surface area contributed by atoms with Crippen LogP contribution in [0.1, 0.15) is 69.2 Å². The summed E-state index contributed by atoms with van der Waals surface area (Å²) in [7, 11) is 1.53. The van der Waals surface area contributed by atoms with Gasteiger partial charge in [-0.3, -0.25) is 14.6 Å². The molecule has 34 heavy (non-hydrogen) atoms. The van der Waals surface area contributed by atoms with Gasteiger partial charge in [-0.25, -0.2) is 0 Å². The maximum absolute atomic E-state index is 11.9. The number of aliphatic hydroxyl groups excluding tert-OH is 1. The number of carbonyl (C=O) groups excluding carboxylic acids is 2. The number of aliphatic hydroxyl groups is 1. The molecule has 0 aliphatic carbocycles. The van der Waals surface area contributed by atoms with Gasteiger partial charge in [-0.15, -0.1) is 6.42 Å². The monoisotopic (exact) mass is 472 g/mol. The third-order valence-corrected chi connectivity index (χ3v) is 4.68. The number of rotatable bonds is 7. The van der Waals surface area contributed by atoms with Gasteiger partial charge in [-0.2, -0.15) is 0 Å². The van der Waals surface area contributed by atoms with Crippen LogP contribution in [-0.2, 0) is 22.6 Å². The molecule has 1 unspecified atom stereocenters. The average Bonchev–Trinajstić information content (AvgIpc) is 3.48. The van der Waals surface area contributed by atoms with E-state index in [1.807, 2.05) is 19.9 Å². The van der Waals surface area contributed by atoms with Crippen molar-refractivity contribution >= 4 is 12.3 Å². The van der Waals surface area contributed by atoms with Crippen LogP contribution in [0.3, 0.4) is 0 Å². The molecule has 0 saturated carbocycles. The molecule has 3 heterocycles. The van der Waals surface area contributed by atoms with E-state index in [1.165, 1.54) is 13.5 Å². The summed E-state index contributed by atoms with van der Waals surface area (Å²) in [5, 5.41) is 15.8. The molecule has 3 rings (SSSR count). The smallest absolute Gasteiger partial charge is 0.230 e. The number of likely N-dealkylation sites (tertiary alicyclic amines) is 1. The van der Waals surface area contributed by atoms with Gasteiger partial charge >= 0.3 is 0 Å². The van der Waals surface area contributed by atoms with Crippen molar-refractivity contribution in [1.29, 1.82) is 0 Å². The molecule has 9 heteroatoms. The second-order valence-corrected chi connectivity index (χ2v) is 8.05. The lowest BCUT2D eigenvalue weighted by molar-refractivity contribution is -0.130. The summed E-state index contributed by atoms with van der Waals surface area (Å²) < 4.78 is 10.2. The van der Waals surface area contributed by atoms with E-state index in [0.29, 0.717) is 61.2 Å². The van der Waals surface area contributed by atoms with Crippen molar-refractivity contribution in [3.05, 3.63) is 41.0 Å². The first kappa shape index (κ1) is 28.7. The normalized spacial score (nSPS) is 14.3. The van der Waals surface area contributed by atoms with Gasteiger partial charge in [-0.1, -0.05) is 45.2 Å². The summed E-state index contributed by atoms with van der Waals surface area (Å²) in [5.74, 6) is 3.92. The number of hydrogen-bond acceptors (Lipinski definition) is 7. The number of amides is 2. The Morgan fingerprint density at radius 1 is 1.44 bits per heavy atom. The number of aromatic nitrogens is 2. The fourth-order valence-corrected chi connectivity index (χ4v) is 2.91. The van der Waals surface area contributed by atoms with Crippen LogP contribution in [-0.4, -0.2) is 58.8 Å². The van der Waals surface area contributed by atoms with Crippen molar-refractivity contribution in [2.45, 2.75) is 65.5 Å². The highest BCUT2D eigenvalue weighted by Crippen LogP contribution is 2.17. The van der Waals surface area contributed by atoms with E-state index in [9.17, 15) is 14.7 Å². The van der Waals surface area contributed by atoms with Crippen LogP contribution in [0.25, 0.3) is 0 Å². The number of β-amino-alcohol motifs (C(OH)–C–C–N with tert-alkyl or cyclic N) is 1. The van der Waals surface area contributed by atoms with E-state index in [4.69, 9.17) is 15.7 Å². The second-order valence-electron chi connectivity index (χ2n) is 8.05. The molecular weight excluding hydrogens is 436 g/mol. The first-order valence-corrected chi connectivity index (χ1v) is 11.4. The number of nitrogens with zero attached hydrogens (tertiary/aromatic N) is 3. The molecule has 1 fully saturated rings. The van der Waals surface area contributed by atoms with Crippen LogP contribution in [0.5, 0.6) is 5.75 Å². The molecule has 2 aromatic heterocycles. The van der Waals surface area contributed by atoms with E-state index in [0.717, 1.165) is 5.69 Å². The van der Waals surface area contributed by atoms with Crippen LogP contribution in [0.2, 0.25) is 0 Å². The first-order valence-electron chi connectivity index (χ1n) is 11.4. The van der Waals surface area contributed by atoms with Gasteiger partial charge in [-0.05, 0) is 18.4 Å². The van der Waals surface area contributed by atoms with Gasteiger partial charge in [0.2, 0.25) is 12.3 Å². The number of methoxy groups -OCH3 is 1. The van der Waals surface area contributed by atoms with Gasteiger partial charge in [0, 0.05) is 30.9 Å². The highest BCUT2D eigenvalue weighted by atomic mass is 16.5. The van der Waals surface area contributed by atoms with E-state index in [2.05, 4.69) is 35.2 Å². The quantitative estimate of drug-likeness (QED) is 0.470. The zero-order chi connectivity index (χ0) is 25.5. The van der Waals surface area contributed by atoms with Gasteiger partial charge in [0.05, 0.1) is 31.9 Å². The third-order valence-electron chi connectivity index (χ3n) is 4.68. The maximum atomic E-state index is 11.9. The number of nitrogens with one attached hydrogen (secondary N) is 1. The fourth-order valence-electron chi connectivity index (χ4n) is 2.91. The molecule has 9 nitrogen and oxygen atoms in total. The van der Waals surface area contributed by atoms with E-state index in [1.54, 1.807) is 17.2 Å². The zero-order valence-electron chi connectivity index (χ0n) is 20.7. The van der Waals surface area contributed by atoms with Gasteiger partial charge in [0.1, 0.15) is 17.2 Å². The van der Waals surface area contributed by atoms with Crippen molar-refractivity contribution in [3.63, 3.8) is 0 Å². The number of pyridine rings is 1. The van der Waals surface area contributed by atoms with E-state index < -0.39 is 0 Å². The van der Waals surface area contributed by atoms with Gasteiger partial charge in [0.15, 0.2) is 0 Å². The lowest BCUT2D eigenvalue weighted by Crippen LogP contribution is -2.30. The number of ether oxygens (including phenoxy) is 1. The number of terminal acetylenes is 1. The molecule has 1 saturated heterocycles. The first-order chi connectivity index (χ1) is 16.3. The predicted molar refractivity (Wildman–Crippen MR) is 129 cm³/mol. The summed E-state index contributed by atoms with van der Waals surface area (Å²) in [4.78, 5) is 27.7. The average molecular weight is 473 g/mol. The van der Waals surface area contributed by atoms with Crippen molar-refractivity contribution in [2.24, 2.45) is 0 Å². The molecule has 1 aliphatic rings. The summed E-state index contributed by atoms with van der Waals surface area (Å²) >= 11 is 0. The van der Waals surface area contributed by atoms with Crippen molar-refractivity contribution in [3.8, 4) is 18.1 Å². The standard InChI is InChI=1S/C12H18N2O3.C10H10N2O2.C3H8/c1-8(2)11-5-10(17-13-11)6-12(16)14-4-3-9(15)7-14;1-3-8-4-10(14-2)9(12-5-8)6-11-7-13;1-3-2/h5,8-9,15H,3-4,6-7H2,1-2H3;1,4-5,7H,6H2,2H3,(H,11,13);3H2,1-2H3. The molecule has 0 radical (unpaired) electrons. The highest BCUT2D eigenvalue weighted by molar-refractivity contribution is 5.78. The lowest BCUT2D eigenvalue weighted by Gasteiger charge is -2.13. The topological polar surface area (TPSA) is 118 Å². The van der Waals surface area contributed by atoms with E-state index in [-0.39, 0.29) is 18.4 Å². The summed E-state index contributed by atoms with van der Waals surface area (Å²) in [5.41, 5.74) is 2.17. The number of hydrogen-bond donors (Lipinski definition) is 2. The molecule has 0 bridgehead atoms. The minimum Gasteiger partial charge on any atom is -0.495 e. The largest absolute Gasteiger partial charge is 0.495 e. The zero-order valence-corrected chi connectivity index (χ0v) is 20.7. The molecule has 1 aliphatic heterocycles. The SMILES string of the molecule is C#Cc1cnc(CNC=O)c(OC)c1.CC(C)c1cc(CC(=O)N2CCC(O)C2)on1.CCC. The molecule has 1 atom stereocenters. The maximum Gasteiger partial charge on any atom is 0.230 e. The van der Waals surface area contributed by atoms with Crippen molar-refractivity contribution in [2.75, 3.05) is 20.2 Å². The fraction of sp³-hybridized carbons (Fsp3) is 0.520. The Hall–Kier alpha value is -3.38. The Balaban J connectivity index is 0.000000310. The lowest BCUT2D eigenvalue weighted by atomic mass is 10.1. The minimum atomic E-state index is -0.375. The molecular formula is C25H36N4O5. The molecule has 2 amide bonds. The molecule has 0 spiro atoms. The van der Waals surface area contributed by atoms with Crippen LogP contribution in [0.4, 0.5) is 0 Å². The highest BCUT2D eigenvalue weighted by Gasteiger charge is 2.25. The van der Waals surface area contributed by atoms with Gasteiger partial charge in [0.25, 0.3) is 0 Å². The van der Waals surface area contributed by atoms with Gasteiger partial charge < -0.3 is 24.6 Å². The summed E-state index contributed by atoms with van der Waals surface area (Å²) in [6.07, 6.45) is 9.14. The molecule has 186 valence electrons. The van der Waals surface area contributed by atoms with Crippen LogP contribution in [0.15, 0.2) is 22.9 Å². The second kappa shape index (κ2) is 15.5. The van der Waals surface area contributed by atoms with E-state index >= 15 is 0 Å². The van der Waals surface area contributed by atoms with Crippen LogP contribution < -0.4 is 10.1 Å². The molecule has 2 aromatic rings. The predicted octanol–water partition coefficient (Wildman–Crippen LogP) is 2.67. The molecule has 2 N–H and O–H groups in total. The molecule has 0 aromatic carbocycles. The summed E-state index contributed by atoms with van der Waals surface area (Å²) in [6, 6.07) is 3.53. The Labute approximate surface area is 201 Å².